The van der Waals surface area contributed by atoms with Gasteiger partial charge in [0.25, 0.3) is 0 Å². The fraction of sp³-hybridized carbons (Fsp3) is 0.259. The second kappa shape index (κ2) is 9.61. The lowest BCUT2D eigenvalue weighted by Crippen LogP contribution is -2.37. The molecular weight excluding hydrogens is 384 g/mol. The predicted octanol–water partition coefficient (Wildman–Crippen LogP) is 5.04. The number of Topliss-reactive ketones (excluding diaryl/α,β-unsaturated/α-hetero) is 2. The van der Waals surface area contributed by atoms with Crippen molar-refractivity contribution in [1.29, 1.82) is 0 Å². The van der Waals surface area contributed by atoms with E-state index in [1.54, 1.807) is 24.3 Å². The normalized spacial score (nSPS) is 13.5. The van der Waals surface area contributed by atoms with Crippen molar-refractivity contribution in [2.45, 2.75) is 32.6 Å². The number of nitrogens with one attached hydrogen (secondary N) is 2. The number of fused-ring (bicyclic) bond motifs is 2. The molecule has 0 fully saturated rings. The minimum Gasteiger partial charge on any atom is -0.380 e. The Morgan fingerprint density at radius 1 is 0.677 bits per heavy atom. The molecule has 4 rings (SSSR count). The van der Waals surface area contributed by atoms with Gasteiger partial charge in [-0.3, -0.25) is 9.59 Å². The summed E-state index contributed by atoms with van der Waals surface area (Å²) in [5, 5.41) is 8.94. The van der Waals surface area contributed by atoms with Crippen molar-refractivity contribution in [1.82, 2.24) is 10.6 Å². The number of hydrogen-bond donors (Lipinski definition) is 2. The van der Waals surface area contributed by atoms with E-state index < -0.39 is 0 Å². The maximum absolute atomic E-state index is 13.2. The van der Waals surface area contributed by atoms with Crippen LogP contribution < -0.4 is 10.6 Å². The summed E-state index contributed by atoms with van der Waals surface area (Å²) < 4.78 is 0. The number of hydrogen-bond acceptors (Lipinski definition) is 4. The zero-order valence-electron chi connectivity index (χ0n) is 17.9. The summed E-state index contributed by atoms with van der Waals surface area (Å²) in [4.78, 5) is 26.3. The number of unbranched alkanes of at least 4 members (excludes halogenated alkanes) is 2. The van der Waals surface area contributed by atoms with Crippen LogP contribution in [0.1, 0.15) is 52.5 Å². The van der Waals surface area contributed by atoms with Crippen LogP contribution in [0, 0.1) is 0 Å². The largest absolute Gasteiger partial charge is 0.380 e. The standard InChI is InChI=1S/C27H28N2O2/c1-2-3-8-16-28-24-25(27(31)23-12-7-6-11-22(23)26(24)30)29-17-15-19-13-14-20-9-4-5-10-21(20)18-19/h4-7,9-14,18,28-29H,2-3,8,15-17H2,1H3. The highest BCUT2D eigenvalue weighted by atomic mass is 16.1. The lowest BCUT2D eigenvalue weighted by molar-refractivity contribution is 0.0962. The molecule has 0 heterocycles. The van der Waals surface area contributed by atoms with Gasteiger partial charge in [0.2, 0.25) is 11.6 Å². The van der Waals surface area contributed by atoms with Crippen LogP contribution in [-0.4, -0.2) is 24.7 Å². The van der Waals surface area contributed by atoms with E-state index in [1.807, 2.05) is 12.1 Å². The summed E-state index contributed by atoms with van der Waals surface area (Å²) in [6.07, 6.45) is 3.92. The number of allylic oxidation sites excluding steroid dienone is 2. The van der Waals surface area contributed by atoms with Crippen molar-refractivity contribution >= 4 is 22.3 Å². The third-order valence-electron chi connectivity index (χ3n) is 5.73. The second-order valence-corrected chi connectivity index (χ2v) is 7.95. The third-order valence-corrected chi connectivity index (χ3v) is 5.73. The monoisotopic (exact) mass is 412 g/mol. The number of benzene rings is 3. The van der Waals surface area contributed by atoms with Gasteiger partial charge in [0.1, 0.15) is 11.4 Å². The summed E-state index contributed by atoms with van der Waals surface area (Å²) >= 11 is 0. The highest BCUT2D eigenvalue weighted by Crippen LogP contribution is 2.24. The quantitative estimate of drug-likeness (QED) is 0.483. The van der Waals surface area contributed by atoms with E-state index in [0.29, 0.717) is 35.6 Å². The molecule has 0 radical (unpaired) electrons. The lowest BCUT2D eigenvalue weighted by Gasteiger charge is -2.23. The minimum absolute atomic E-state index is 0.111. The van der Waals surface area contributed by atoms with Crippen molar-refractivity contribution in [3.8, 4) is 0 Å². The first-order valence-electron chi connectivity index (χ1n) is 11.1. The van der Waals surface area contributed by atoms with Gasteiger partial charge < -0.3 is 10.6 Å². The van der Waals surface area contributed by atoms with Gasteiger partial charge in [-0.2, -0.15) is 0 Å². The molecule has 1 aliphatic carbocycles. The highest BCUT2D eigenvalue weighted by Gasteiger charge is 2.31. The Morgan fingerprint density at radius 3 is 1.97 bits per heavy atom. The molecule has 0 atom stereocenters. The average Bonchev–Trinajstić information content (AvgIpc) is 2.81. The zero-order chi connectivity index (χ0) is 21.6. The first-order valence-corrected chi connectivity index (χ1v) is 11.1. The zero-order valence-corrected chi connectivity index (χ0v) is 17.9. The molecule has 0 bridgehead atoms. The SMILES string of the molecule is CCCCCNC1=C(NCCc2ccc3ccccc3c2)C(=O)c2ccccc2C1=O. The van der Waals surface area contributed by atoms with Crippen molar-refractivity contribution in [2.24, 2.45) is 0 Å². The second-order valence-electron chi connectivity index (χ2n) is 7.95. The lowest BCUT2D eigenvalue weighted by atomic mass is 9.90. The van der Waals surface area contributed by atoms with E-state index in [2.05, 4.69) is 47.9 Å². The van der Waals surface area contributed by atoms with Crippen LogP contribution in [0.3, 0.4) is 0 Å². The summed E-state index contributed by atoms with van der Waals surface area (Å²) in [6, 6.07) is 21.8. The molecule has 1 aliphatic rings. The van der Waals surface area contributed by atoms with Crippen molar-refractivity contribution in [3.05, 3.63) is 94.8 Å². The van der Waals surface area contributed by atoms with E-state index in [1.165, 1.54) is 16.3 Å². The average molecular weight is 413 g/mol. The summed E-state index contributed by atoms with van der Waals surface area (Å²) in [6.45, 7) is 3.40. The Kier molecular flexibility index (Phi) is 6.46. The molecule has 31 heavy (non-hydrogen) atoms. The maximum Gasteiger partial charge on any atom is 0.211 e. The molecule has 3 aromatic carbocycles. The number of carbonyl (C=O) groups is 2. The van der Waals surface area contributed by atoms with Crippen LogP contribution >= 0.6 is 0 Å². The minimum atomic E-state index is -0.119. The summed E-state index contributed by atoms with van der Waals surface area (Å²) in [7, 11) is 0. The number of rotatable bonds is 9. The Bertz CT molecular complexity index is 1150. The highest BCUT2D eigenvalue weighted by molar-refractivity contribution is 6.26. The summed E-state index contributed by atoms with van der Waals surface area (Å²) in [5.74, 6) is -0.230. The van der Waals surface area contributed by atoms with Crippen LogP contribution in [0.2, 0.25) is 0 Å². The van der Waals surface area contributed by atoms with Crippen LogP contribution in [0.25, 0.3) is 10.8 Å². The predicted molar refractivity (Wildman–Crippen MR) is 125 cm³/mol. The topological polar surface area (TPSA) is 58.2 Å². The first kappa shape index (κ1) is 20.9. The van der Waals surface area contributed by atoms with Crippen LogP contribution in [-0.2, 0) is 6.42 Å². The molecule has 0 unspecified atom stereocenters. The molecule has 0 aliphatic heterocycles. The molecule has 4 nitrogen and oxygen atoms in total. The fourth-order valence-electron chi connectivity index (χ4n) is 4.03. The molecule has 4 heteroatoms. The van der Waals surface area contributed by atoms with Gasteiger partial charge in [-0.25, -0.2) is 0 Å². The number of ketones is 2. The van der Waals surface area contributed by atoms with Gasteiger partial charge in [0.15, 0.2) is 0 Å². The first-order chi connectivity index (χ1) is 15.2. The van der Waals surface area contributed by atoms with Crippen LogP contribution in [0.5, 0.6) is 0 Å². The fourth-order valence-corrected chi connectivity index (χ4v) is 4.03. The van der Waals surface area contributed by atoms with Crippen molar-refractivity contribution < 1.29 is 9.59 Å². The Hall–Kier alpha value is -3.40. The van der Waals surface area contributed by atoms with E-state index in [4.69, 9.17) is 0 Å². The van der Waals surface area contributed by atoms with Gasteiger partial charge in [0.05, 0.1) is 0 Å². The van der Waals surface area contributed by atoms with Gasteiger partial charge in [-0.15, -0.1) is 0 Å². The number of carbonyl (C=O) groups excluding carboxylic acids is 2. The Morgan fingerprint density at radius 2 is 1.29 bits per heavy atom. The smallest absolute Gasteiger partial charge is 0.211 e. The molecule has 0 amide bonds. The molecule has 0 saturated heterocycles. The van der Waals surface area contributed by atoms with Gasteiger partial charge in [0, 0.05) is 24.2 Å². The molecule has 0 aromatic heterocycles. The molecular formula is C27H28N2O2. The van der Waals surface area contributed by atoms with E-state index in [9.17, 15) is 9.59 Å². The summed E-state index contributed by atoms with van der Waals surface area (Å²) in [5.41, 5.74) is 2.93. The van der Waals surface area contributed by atoms with Gasteiger partial charge >= 0.3 is 0 Å². The van der Waals surface area contributed by atoms with Crippen molar-refractivity contribution in [3.63, 3.8) is 0 Å². The Labute approximate surface area is 183 Å². The molecule has 158 valence electrons. The maximum atomic E-state index is 13.2. The van der Waals surface area contributed by atoms with E-state index in [0.717, 1.165) is 25.7 Å². The van der Waals surface area contributed by atoms with E-state index in [-0.39, 0.29) is 11.6 Å². The molecule has 0 saturated carbocycles. The van der Waals surface area contributed by atoms with Crippen LogP contribution in [0.4, 0.5) is 0 Å². The van der Waals surface area contributed by atoms with Crippen molar-refractivity contribution in [2.75, 3.05) is 13.1 Å². The molecule has 2 N–H and O–H groups in total. The van der Waals surface area contributed by atoms with E-state index >= 15 is 0 Å². The third kappa shape index (κ3) is 4.53. The van der Waals surface area contributed by atoms with Gasteiger partial charge in [-0.1, -0.05) is 86.5 Å². The van der Waals surface area contributed by atoms with Crippen LogP contribution in [0.15, 0.2) is 78.1 Å². The Balaban J connectivity index is 1.52. The molecule has 3 aromatic rings. The van der Waals surface area contributed by atoms with Gasteiger partial charge in [-0.05, 0) is 29.2 Å². The molecule has 0 spiro atoms.